The number of primary amides is 1. The maximum atomic E-state index is 13.0. The van der Waals surface area contributed by atoms with E-state index in [1.165, 1.54) is 6.20 Å². The van der Waals surface area contributed by atoms with E-state index in [0.29, 0.717) is 16.3 Å². The maximum Gasteiger partial charge on any atom is 0.397 e. The average molecular weight is 345 g/mol. The number of nitrogens with zero attached hydrogens (tertiary/aromatic N) is 2. The molecule has 4 nitrogen and oxygen atoms in total. The van der Waals surface area contributed by atoms with Crippen molar-refractivity contribution in [2.75, 3.05) is 0 Å². The smallest absolute Gasteiger partial charge is 0.366 e. The minimum absolute atomic E-state index is 0.109. The van der Waals surface area contributed by atoms with Crippen molar-refractivity contribution in [3.05, 3.63) is 59.9 Å². The first-order valence-corrected chi connectivity index (χ1v) is 7.49. The number of carbonyl (C=O) groups excluding carboxylic acids is 1. The van der Waals surface area contributed by atoms with Crippen molar-refractivity contribution in [3.63, 3.8) is 0 Å². The summed E-state index contributed by atoms with van der Waals surface area (Å²) in [7, 11) is 0. The number of fused-ring (bicyclic) bond motifs is 1. The SMILES string of the molecule is C[C@@H](c1nncc2cc(-c3cccc(C(N)=O)c3)ccc12)C(F)(F)F. The molecule has 7 heteroatoms. The van der Waals surface area contributed by atoms with E-state index in [0.717, 1.165) is 18.1 Å². The molecule has 0 saturated heterocycles. The van der Waals surface area contributed by atoms with Crippen molar-refractivity contribution >= 4 is 16.7 Å². The van der Waals surface area contributed by atoms with Crippen molar-refractivity contribution in [2.45, 2.75) is 19.0 Å². The summed E-state index contributed by atoms with van der Waals surface area (Å²) in [6.45, 7) is 1.06. The highest BCUT2D eigenvalue weighted by Crippen LogP contribution is 2.36. The average Bonchev–Trinajstić information content (AvgIpc) is 2.59. The van der Waals surface area contributed by atoms with Gasteiger partial charge in [0.1, 0.15) is 0 Å². The highest BCUT2D eigenvalue weighted by atomic mass is 19.4. The van der Waals surface area contributed by atoms with Gasteiger partial charge in [-0.3, -0.25) is 4.79 Å². The molecule has 1 atom stereocenters. The van der Waals surface area contributed by atoms with E-state index in [2.05, 4.69) is 10.2 Å². The Hall–Kier alpha value is -2.96. The number of nitrogens with two attached hydrogens (primary N) is 1. The fraction of sp³-hybridized carbons (Fsp3) is 0.167. The van der Waals surface area contributed by atoms with Gasteiger partial charge in [0.25, 0.3) is 0 Å². The van der Waals surface area contributed by atoms with Gasteiger partial charge in [-0.25, -0.2) is 0 Å². The molecule has 1 aromatic heterocycles. The van der Waals surface area contributed by atoms with Crippen LogP contribution < -0.4 is 5.73 Å². The number of alkyl halides is 3. The number of hydrogen-bond acceptors (Lipinski definition) is 3. The van der Waals surface area contributed by atoms with E-state index in [1.54, 1.807) is 42.5 Å². The van der Waals surface area contributed by atoms with Gasteiger partial charge in [0, 0.05) is 16.3 Å². The third-order valence-electron chi connectivity index (χ3n) is 4.07. The fourth-order valence-corrected chi connectivity index (χ4v) is 2.62. The van der Waals surface area contributed by atoms with Crippen molar-refractivity contribution in [2.24, 2.45) is 5.73 Å². The Labute approximate surface area is 141 Å². The fourth-order valence-electron chi connectivity index (χ4n) is 2.62. The Morgan fingerprint density at radius 3 is 2.52 bits per heavy atom. The number of aromatic nitrogens is 2. The van der Waals surface area contributed by atoms with Gasteiger partial charge in [-0.1, -0.05) is 24.3 Å². The summed E-state index contributed by atoms with van der Waals surface area (Å²) in [5.74, 6) is -2.26. The molecule has 3 aromatic rings. The Morgan fingerprint density at radius 2 is 1.84 bits per heavy atom. The van der Waals surface area contributed by atoms with Crippen LogP contribution >= 0.6 is 0 Å². The molecular weight excluding hydrogens is 331 g/mol. The third-order valence-corrected chi connectivity index (χ3v) is 4.07. The van der Waals surface area contributed by atoms with Crippen LogP contribution in [0.3, 0.4) is 0 Å². The number of amides is 1. The molecule has 0 aliphatic heterocycles. The minimum Gasteiger partial charge on any atom is -0.366 e. The van der Waals surface area contributed by atoms with Crippen LogP contribution in [0.15, 0.2) is 48.7 Å². The van der Waals surface area contributed by atoms with E-state index in [9.17, 15) is 18.0 Å². The summed E-state index contributed by atoms with van der Waals surface area (Å²) in [6, 6.07) is 11.7. The summed E-state index contributed by atoms with van der Waals surface area (Å²) in [5.41, 5.74) is 7.01. The quantitative estimate of drug-likeness (QED) is 0.778. The lowest BCUT2D eigenvalue weighted by atomic mass is 9.97. The van der Waals surface area contributed by atoms with Crippen LogP contribution in [0.25, 0.3) is 21.9 Å². The molecule has 0 saturated carbocycles. The van der Waals surface area contributed by atoms with E-state index in [4.69, 9.17) is 5.73 Å². The maximum absolute atomic E-state index is 13.0. The highest BCUT2D eigenvalue weighted by Gasteiger charge is 2.39. The number of benzene rings is 2. The summed E-state index contributed by atoms with van der Waals surface area (Å²) < 4.78 is 39.0. The van der Waals surface area contributed by atoms with Crippen molar-refractivity contribution in [1.82, 2.24) is 10.2 Å². The molecule has 1 amide bonds. The molecule has 25 heavy (non-hydrogen) atoms. The monoisotopic (exact) mass is 345 g/mol. The number of halogens is 3. The first kappa shape index (κ1) is 16.9. The molecule has 1 heterocycles. The van der Waals surface area contributed by atoms with Gasteiger partial charge >= 0.3 is 6.18 Å². The lowest BCUT2D eigenvalue weighted by Gasteiger charge is -2.16. The molecule has 3 rings (SSSR count). The molecule has 0 bridgehead atoms. The van der Waals surface area contributed by atoms with Crippen LogP contribution in [0, 0.1) is 0 Å². The topological polar surface area (TPSA) is 68.9 Å². The molecule has 128 valence electrons. The Kier molecular flexibility index (Phi) is 4.16. The molecule has 0 unspecified atom stereocenters. The van der Waals surface area contributed by atoms with E-state index in [1.807, 2.05) is 0 Å². The predicted octanol–water partition coefficient (Wildman–Crippen LogP) is 4.06. The Morgan fingerprint density at radius 1 is 1.12 bits per heavy atom. The first-order valence-electron chi connectivity index (χ1n) is 7.49. The molecule has 0 radical (unpaired) electrons. The molecular formula is C18H14F3N3O. The predicted molar refractivity (Wildman–Crippen MR) is 88.0 cm³/mol. The van der Waals surface area contributed by atoms with Crippen molar-refractivity contribution < 1.29 is 18.0 Å². The van der Waals surface area contributed by atoms with Crippen LogP contribution in [0.4, 0.5) is 13.2 Å². The van der Waals surface area contributed by atoms with Gasteiger partial charge in [0.05, 0.1) is 17.8 Å². The number of hydrogen-bond donors (Lipinski definition) is 1. The van der Waals surface area contributed by atoms with Gasteiger partial charge in [-0.15, -0.1) is 0 Å². The summed E-state index contributed by atoms with van der Waals surface area (Å²) in [4.78, 5) is 11.3. The largest absolute Gasteiger partial charge is 0.397 e. The normalized spacial score (nSPS) is 13.0. The van der Waals surface area contributed by atoms with Crippen LogP contribution in [0.1, 0.15) is 28.9 Å². The van der Waals surface area contributed by atoms with Crippen molar-refractivity contribution in [3.8, 4) is 11.1 Å². The zero-order valence-electron chi connectivity index (χ0n) is 13.2. The van der Waals surface area contributed by atoms with Gasteiger partial charge in [-0.2, -0.15) is 23.4 Å². The third kappa shape index (κ3) is 3.31. The van der Waals surface area contributed by atoms with E-state index in [-0.39, 0.29) is 5.69 Å². The van der Waals surface area contributed by atoms with Gasteiger partial charge in [0.2, 0.25) is 5.91 Å². The van der Waals surface area contributed by atoms with Gasteiger partial charge in [0.15, 0.2) is 0 Å². The van der Waals surface area contributed by atoms with Crippen LogP contribution in [-0.2, 0) is 0 Å². The summed E-state index contributed by atoms with van der Waals surface area (Å²) in [5, 5.41) is 8.33. The number of carbonyl (C=O) groups is 1. The van der Waals surface area contributed by atoms with Crippen LogP contribution in [-0.4, -0.2) is 22.3 Å². The zero-order valence-corrected chi connectivity index (χ0v) is 13.2. The molecule has 0 fully saturated rings. The van der Waals surface area contributed by atoms with Crippen LogP contribution in [0.2, 0.25) is 0 Å². The van der Waals surface area contributed by atoms with Gasteiger partial charge < -0.3 is 5.73 Å². The Balaban J connectivity index is 2.10. The first-order chi connectivity index (χ1) is 11.8. The number of rotatable bonds is 3. The second-order valence-corrected chi connectivity index (χ2v) is 5.74. The Bertz CT molecular complexity index is 954. The molecule has 0 aliphatic rings. The molecule has 0 aliphatic carbocycles. The molecule has 0 spiro atoms. The van der Waals surface area contributed by atoms with Crippen LogP contribution in [0.5, 0.6) is 0 Å². The lowest BCUT2D eigenvalue weighted by Crippen LogP contribution is -2.19. The van der Waals surface area contributed by atoms with E-state index < -0.39 is 18.0 Å². The summed E-state index contributed by atoms with van der Waals surface area (Å²) in [6.07, 6.45) is -2.97. The summed E-state index contributed by atoms with van der Waals surface area (Å²) >= 11 is 0. The van der Waals surface area contributed by atoms with E-state index >= 15 is 0 Å². The highest BCUT2D eigenvalue weighted by molar-refractivity contribution is 5.95. The molecule has 2 N–H and O–H groups in total. The second kappa shape index (κ2) is 6.16. The second-order valence-electron chi connectivity index (χ2n) is 5.74. The lowest BCUT2D eigenvalue weighted by molar-refractivity contribution is -0.146. The zero-order chi connectivity index (χ0) is 18.2. The van der Waals surface area contributed by atoms with Crippen molar-refractivity contribution in [1.29, 1.82) is 0 Å². The standard InChI is InChI=1S/C18H14F3N3O/c1-10(18(19,20)21)16-15-6-5-12(8-14(15)9-23-24-16)11-3-2-4-13(7-11)17(22)25/h2-10H,1H3,(H2,22,25)/t10-/m0/s1. The molecule has 2 aromatic carbocycles. The van der Waals surface area contributed by atoms with Gasteiger partial charge in [-0.05, 0) is 36.2 Å². The minimum atomic E-state index is -4.39.